The second-order valence-corrected chi connectivity index (χ2v) is 6.03. The number of hydrogen-bond acceptors (Lipinski definition) is 3. The van der Waals surface area contributed by atoms with Crippen molar-refractivity contribution < 1.29 is 0 Å². The number of halogens is 1. The van der Waals surface area contributed by atoms with E-state index in [9.17, 15) is 0 Å². The Morgan fingerprint density at radius 3 is 2.80 bits per heavy atom. The number of nitrogens with one attached hydrogen (secondary N) is 1. The molecule has 1 aromatic carbocycles. The number of nitrogens with zero attached hydrogens (tertiary/aromatic N) is 2. The van der Waals surface area contributed by atoms with Crippen LogP contribution in [0.2, 0.25) is 5.15 Å². The Kier molecular flexibility index (Phi) is 4.06. The van der Waals surface area contributed by atoms with E-state index < -0.39 is 0 Å². The maximum absolute atomic E-state index is 6.12. The number of aromatic nitrogens is 2. The first-order valence-corrected chi connectivity index (χ1v) is 7.83. The quantitative estimate of drug-likeness (QED) is 0.893. The van der Waals surface area contributed by atoms with Gasteiger partial charge in [-0.1, -0.05) is 62.1 Å². The molecule has 0 spiro atoms. The van der Waals surface area contributed by atoms with Gasteiger partial charge in [0, 0.05) is 16.8 Å². The average Bonchev–Trinajstić information content (AvgIpc) is 2.51. The number of fused-ring (bicyclic) bond motifs is 1. The van der Waals surface area contributed by atoms with Gasteiger partial charge in [0.15, 0.2) is 11.0 Å². The Balaban J connectivity index is 1.86. The highest BCUT2D eigenvalue weighted by atomic mass is 35.5. The molecule has 1 aromatic heterocycles. The fourth-order valence-electron chi connectivity index (χ4n) is 3.16. The van der Waals surface area contributed by atoms with Crippen LogP contribution in [0.3, 0.4) is 0 Å². The van der Waals surface area contributed by atoms with Crippen LogP contribution >= 0.6 is 11.6 Å². The Hall–Kier alpha value is -1.35. The van der Waals surface area contributed by atoms with Crippen molar-refractivity contribution in [3.63, 3.8) is 0 Å². The monoisotopic (exact) mass is 289 g/mol. The zero-order valence-corrected chi connectivity index (χ0v) is 12.5. The molecule has 2 atom stereocenters. The second-order valence-electron chi connectivity index (χ2n) is 5.67. The van der Waals surface area contributed by atoms with E-state index in [1.165, 1.54) is 32.1 Å². The molecule has 106 valence electrons. The fourth-order valence-corrected chi connectivity index (χ4v) is 3.37. The molecule has 1 aliphatic carbocycles. The highest BCUT2D eigenvalue weighted by Crippen LogP contribution is 2.31. The maximum atomic E-state index is 6.12. The topological polar surface area (TPSA) is 37.8 Å². The van der Waals surface area contributed by atoms with Crippen molar-refractivity contribution in [1.29, 1.82) is 0 Å². The Labute approximate surface area is 124 Å². The van der Waals surface area contributed by atoms with Crippen molar-refractivity contribution in [2.45, 2.75) is 45.1 Å². The van der Waals surface area contributed by atoms with E-state index >= 15 is 0 Å². The first-order chi connectivity index (χ1) is 9.78. The Bertz CT molecular complexity index is 599. The summed E-state index contributed by atoms with van der Waals surface area (Å²) >= 11 is 6.12. The molecule has 1 heterocycles. The summed E-state index contributed by atoms with van der Waals surface area (Å²) in [7, 11) is 0. The Morgan fingerprint density at radius 2 is 2.00 bits per heavy atom. The van der Waals surface area contributed by atoms with Crippen LogP contribution in [0.1, 0.15) is 39.0 Å². The highest BCUT2D eigenvalue weighted by molar-refractivity contribution is 6.34. The van der Waals surface area contributed by atoms with Gasteiger partial charge in [0.25, 0.3) is 0 Å². The lowest BCUT2D eigenvalue weighted by molar-refractivity contribution is 0.327. The van der Waals surface area contributed by atoms with Crippen molar-refractivity contribution in [3.05, 3.63) is 29.4 Å². The van der Waals surface area contributed by atoms with Crippen molar-refractivity contribution in [1.82, 2.24) is 10.2 Å². The molecule has 0 saturated heterocycles. The van der Waals surface area contributed by atoms with Gasteiger partial charge in [-0.15, -0.1) is 10.2 Å². The molecular formula is C16H20ClN3. The number of benzene rings is 1. The summed E-state index contributed by atoms with van der Waals surface area (Å²) in [4.78, 5) is 0. The zero-order chi connectivity index (χ0) is 13.9. The molecule has 1 saturated carbocycles. The largest absolute Gasteiger partial charge is 0.365 e. The normalized spacial score (nSPS) is 22.9. The number of anilines is 1. The molecular weight excluding hydrogens is 270 g/mol. The van der Waals surface area contributed by atoms with Crippen LogP contribution in [0.5, 0.6) is 0 Å². The van der Waals surface area contributed by atoms with Crippen LogP contribution < -0.4 is 5.32 Å². The van der Waals surface area contributed by atoms with E-state index in [4.69, 9.17) is 11.6 Å². The molecule has 4 heteroatoms. The minimum atomic E-state index is 0.473. The molecule has 0 aliphatic heterocycles. The lowest BCUT2D eigenvalue weighted by atomic mass is 9.84. The predicted octanol–water partition coefficient (Wildman–Crippen LogP) is 4.66. The van der Waals surface area contributed by atoms with Gasteiger partial charge in [-0.2, -0.15) is 0 Å². The third kappa shape index (κ3) is 2.73. The summed E-state index contributed by atoms with van der Waals surface area (Å²) in [6.45, 7) is 2.28. The van der Waals surface area contributed by atoms with Crippen LogP contribution in [0.25, 0.3) is 10.8 Å². The van der Waals surface area contributed by atoms with Crippen molar-refractivity contribution in [2.24, 2.45) is 5.92 Å². The summed E-state index contributed by atoms with van der Waals surface area (Å²) in [6, 6.07) is 8.55. The van der Waals surface area contributed by atoms with Gasteiger partial charge >= 0.3 is 0 Å². The molecule has 1 N–H and O–H groups in total. The SMILES string of the molecule is CCC1CCCC(Nc2nnc(Cl)c3ccccc23)C1. The third-order valence-corrected chi connectivity index (χ3v) is 4.62. The zero-order valence-electron chi connectivity index (χ0n) is 11.8. The van der Waals surface area contributed by atoms with Gasteiger partial charge in [-0.3, -0.25) is 0 Å². The van der Waals surface area contributed by atoms with Crippen LogP contribution in [0.4, 0.5) is 5.82 Å². The molecule has 3 nitrogen and oxygen atoms in total. The van der Waals surface area contributed by atoms with E-state index in [0.717, 1.165) is 22.5 Å². The predicted molar refractivity (Wildman–Crippen MR) is 84.2 cm³/mol. The second kappa shape index (κ2) is 5.96. The van der Waals surface area contributed by atoms with Crippen molar-refractivity contribution in [3.8, 4) is 0 Å². The Morgan fingerprint density at radius 1 is 1.20 bits per heavy atom. The van der Waals surface area contributed by atoms with Gasteiger partial charge in [-0.25, -0.2) is 0 Å². The van der Waals surface area contributed by atoms with E-state index in [1.807, 2.05) is 18.2 Å². The van der Waals surface area contributed by atoms with Crippen LogP contribution in [-0.4, -0.2) is 16.2 Å². The fraction of sp³-hybridized carbons (Fsp3) is 0.500. The van der Waals surface area contributed by atoms with E-state index in [0.29, 0.717) is 11.2 Å². The summed E-state index contributed by atoms with van der Waals surface area (Å²) in [5.74, 6) is 1.71. The minimum Gasteiger partial charge on any atom is -0.365 e. The van der Waals surface area contributed by atoms with Gasteiger partial charge in [0.1, 0.15) is 0 Å². The number of hydrogen-bond donors (Lipinski definition) is 1. The smallest absolute Gasteiger partial charge is 0.159 e. The molecule has 1 aliphatic rings. The van der Waals surface area contributed by atoms with Gasteiger partial charge in [0.05, 0.1) is 0 Å². The molecule has 0 radical (unpaired) electrons. The molecule has 0 bridgehead atoms. The van der Waals surface area contributed by atoms with E-state index in [2.05, 4.69) is 28.5 Å². The summed E-state index contributed by atoms with van der Waals surface area (Å²) < 4.78 is 0. The van der Waals surface area contributed by atoms with Gasteiger partial charge < -0.3 is 5.32 Å². The highest BCUT2D eigenvalue weighted by Gasteiger charge is 2.21. The number of rotatable bonds is 3. The minimum absolute atomic E-state index is 0.473. The lowest BCUT2D eigenvalue weighted by Gasteiger charge is -2.29. The maximum Gasteiger partial charge on any atom is 0.159 e. The molecule has 0 amide bonds. The molecule has 2 unspecified atom stereocenters. The van der Waals surface area contributed by atoms with Gasteiger partial charge in [0.2, 0.25) is 0 Å². The van der Waals surface area contributed by atoms with Gasteiger partial charge in [-0.05, 0) is 18.8 Å². The molecule has 3 rings (SSSR count). The van der Waals surface area contributed by atoms with E-state index in [1.54, 1.807) is 0 Å². The van der Waals surface area contributed by atoms with Crippen LogP contribution in [0, 0.1) is 5.92 Å². The van der Waals surface area contributed by atoms with Crippen molar-refractivity contribution in [2.75, 3.05) is 5.32 Å². The lowest BCUT2D eigenvalue weighted by Crippen LogP contribution is -2.27. The van der Waals surface area contributed by atoms with Crippen LogP contribution in [-0.2, 0) is 0 Å². The van der Waals surface area contributed by atoms with E-state index in [-0.39, 0.29) is 0 Å². The molecule has 20 heavy (non-hydrogen) atoms. The summed E-state index contributed by atoms with van der Waals surface area (Å²) in [5.41, 5.74) is 0. The molecule has 1 fully saturated rings. The first-order valence-electron chi connectivity index (χ1n) is 7.45. The first kappa shape index (κ1) is 13.6. The third-order valence-electron chi connectivity index (χ3n) is 4.34. The molecule has 2 aromatic rings. The van der Waals surface area contributed by atoms with Crippen molar-refractivity contribution >= 4 is 28.2 Å². The average molecular weight is 290 g/mol. The standard InChI is InChI=1S/C16H20ClN3/c1-2-11-6-5-7-12(10-11)18-16-14-9-4-3-8-13(14)15(17)19-20-16/h3-4,8-9,11-12H,2,5-7,10H2,1H3,(H,18,20). The summed E-state index contributed by atoms with van der Waals surface area (Å²) in [5, 5.41) is 14.4. The summed E-state index contributed by atoms with van der Waals surface area (Å²) in [6.07, 6.45) is 6.38. The van der Waals surface area contributed by atoms with Crippen LogP contribution in [0.15, 0.2) is 24.3 Å².